The molecule has 0 spiro atoms. The van der Waals surface area contributed by atoms with Gasteiger partial charge in [-0.2, -0.15) is 0 Å². The third-order valence-corrected chi connectivity index (χ3v) is 3.85. The summed E-state index contributed by atoms with van der Waals surface area (Å²) in [5, 5.41) is 17.0. The molecule has 2 atom stereocenters. The summed E-state index contributed by atoms with van der Waals surface area (Å²) in [6.07, 6.45) is 0.454. The first-order chi connectivity index (χ1) is 13.0. The van der Waals surface area contributed by atoms with Gasteiger partial charge in [0.05, 0.1) is 6.54 Å². The Hall–Kier alpha value is -2.62. The molecule has 4 amide bonds. The monoisotopic (exact) mass is 398 g/mol. The smallest absolute Gasteiger partial charge is 0.408 e. The predicted octanol–water partition coefficient (Wildman–Crippen LogP) is -0.719. The van der Waals surface area contributed by atoms with Crippen LogP contribution in [0.2, 0.25) is 0 Å². The zero-order valence-corrected chi connectivity index (χ0v) is 16.6. The maximum atomic E-state index is 12.4. The second-order valence-corrected chi connectivity index (χ2v) is 7.40. The molecule has 0 saturated carbocycles. The number of ether oxygens (including phenoxy) is 1. The minimum atomic E-state index is -1.40. The number of carbonyl (C=O) groups excluding carboxylic acids is 4. The lowest BCUT2D eigenvalue weighted by molar-refractivity contribution is -0.138. The van der Waals surface area contributed by atoms with Crippen LogP contribution in [0.4, 0.5) is 4.79 Å². The fourth-order valence-corrected chi connectivity index (χ4v) is 2.60. The molecule has 1 aliphatic heterocycles. The van der Waals surface area contributed by atoms with E-state index in [2.05, 4.69) is 22.5 Å². The van der Waals surface area contributed by atoms with Crippen molar-refractivity contribution in [1.29, 1.82) is 0 Å². The molecular weight excluding hydrogens is 368 g/mol. The number of amides is 4. The van der Waals surface area contributed by atoms with E-state index in [4.69, 9.17) is 4.74 Å². The number of nitrogens with one attached hydrogen (secondary N) is 3. The number of alkyl carbamates (subject to hydrolysis) is 1. The van der Waals surface area contributed by atoms with Gasteiger partial charge in [-0.3, -0.25) is 14.4 Å². The van der Waals surface area contributed by atoms with Crippen molar-refractivity contribution in [3.05, 3.63) is 12.7 Å². The summed E-state index contributed by atoms with van der Waals surface area (Å²) in [6.45, 7) is 8.62. The maximum absolute atomic E-state index is 12.4. The number of nitrogens with zero attached hydrogens (tertiary/aromatic N) is 1. The Balaban J connectivity index is 2.48. The normalized spacial score (nSPS) is 17.4. The van der Waals surface area contributed by atoms with Crippen LogP contribution in [0.1, 0.15) is 33.6 Å². The molecule has 1 unspecified atom stereocenters. The number of hydrogen-bond donors (Lipinski definition) is 4. The van der Waals surface area contributed by atoms with Gasteiger partial charge in [0, 0.05) is 13.1 Å². The molecule has 1 heterocycles. The first kappa shape index (κ1) is 23.4. The van der Waals surface area contributed by atoms with Gasteiger partial charge in [0.25, 0.3) is 5.91 Å². The number of carbonyl (C=O) groups is 4. The van der Waals surface area contributed by atoms with Gasteiger partial charge in [-0.05, 0) is 33.6 Å². The predicted molar refractivity (Wildman–Crippen MR) is 101 cm³/mol. The van der Waals surface area contributed by atoms with Crippen molar-refractivity contribution in [2.24, 2.45) is 0 Å². The summed E-state index contributed by atoms with van der Waals surface area (Å²) in [5.74, 6) is -1.49. The van der Waals surface area contributed by atoms with Crippen molar-refractivity contribution < 1.29 is 29.0 Å². The zero-order chi connectivity index (χ0) is 21.3. The maximum Gasteiger partial charge on any atom is 0.408 e. The van der Waals surface area contributed by atoms with Gasteiger partial charge in [0.15, 0.2) is 0 Å². The highest BCUT2D eigenvalue weighted by Crippen LogP contribution is 2.17. The van der Waals surface area contributed by atoms with Crippen molar-refractivity contribution in [2.75, 3.05) is 26.2 Å². The Labute approximate surface area is 164 Å². The van der Waals surface area contributed by atoms with E-state index >= 15 is 0 Å². The van der Waals surface area contributed by atoms with Crippen LogP contribution in [0, 0.1) is 0 Å². The molecular formula is C18H30N4O6. The average molecular weight is 398 g/mol. The van der Waals surface area contributed by atoms with Crippen molar-refractivity contribution >= 4 is 23.8 Å². The number of hydrogen-bond acceptors (Lipinski definition) is 6. The van der Waals surface area contributed by atoms with Crippen LogP contribution in [-0.4, -0.2) is 77.7 Å². The quantitative estimate of drug-likeness (QED) is 0.398. The molecule has 10 nitrogen and oxygen atoms in total. The molecule has 0 aromatic rings. The third kappa shape index (κ3) is 7.95. The third-order valence-electron chi connectivity index (χ3n) is 3.85. The van der Waals surface area contributed by atoms with Gasteiger partial charge < -0.3 is 30.7 Å². The molecule has 1 rings (SSSR count). The van der Waals surface area contributed by atoms with Gasteiger partial charge >= 0.3 is 6.09 Å². The fraction of sp³-hybridized carbons (Fsp3) is 0.667. The van der Waals surface area contributed by atoms with Crippen molar-refractivity contribution in [3.8, 4) is 0 Å². The van der Waals surface area contributed by atoms with E-state index in [1.807, 2.05) is 0 Å². The van der Waals surface area contributed by atoms with Crippen LogP contribution < -0.4 is 16.0 Å². The van der Waals surface area contributed by atoms with Crippen LogP contribution >= 0.6 is 0 Å². The second kappa shape index (κ2) is 10.6. The highest BCUT2D eigenvalue weighted by Gasteiger charge is 2.34. The first-order valence-electron chi connectivity index (χ1n) is 9.16. The van der Waals surface area contributed by atoms with Gasteiger partial charge in [-0.15, -0.1) is 6.58 Å². The number of aliphatic hydroxyl groups is 1. The number of aliphatic hydroxyl groups excluding tert-OH is 1. The van der Waals surface area contributed by atoms with E-state index in [0.29, 0.717) is 19.4 Å². The molecule has 0 aromatic carbocycles. The fourth-order valence-electron chi connectivity index (χ4n) is 2.60. The molecule has 1 saturated heterocycles. The highest BCUT2D eigenvalue weighted by molar-refractivity contribution is 5.90. The SMILES string of the molecule is C=CCNC(=O)C(O)CNC(=O)[C@@H]1CCCN1C(=O)CNC(=O)OC(C)(C)C. The number of likely N-dealkylation sites (tertiary alicyclic amines) is 1. The molecule has 1 fully saturated rings. The van der Waals surface area contributed by atoms with Gasteiger partial charge in [-0.1, -0.05) is 6.08 Å². The summed E-state index contributed by atoms with van der Waals surface area (Å²) in [4.78, 5) is 49.3. The summed E-state index contributed by atoms with van der Waals surface area (Å²) in [6, 6.07) is -0.712. The summed E-state index contributed by atoms with van der Waals surface area (Å²) in [5.41, 5.74) is -0.679. The zero-order valence-electron chi connectivity index (χ0n) is 16.6. The lowest BCUT2D eigenvalue weighted by atomic mass is 10.2. The van der Waals surface area contributed by atoms with Crippen molar-refractivity contribution in [2.45, 2.75) is 51.4 Å². The Kier molecular flexibility index (Phi) is 8.90. The molecule has 1 aliphatic rings. The molecule has 10 heteroatoms. The highest BCUT2D eigenvalue weighted by atomic mass is 16.6. The summed E-state index contributed by atoms with van der Waals surface area (Å²) in [7, 11) is 0. The van der Waals surface area contributed by atoms with Crippen LogP contribution in [0.25, 0.3) is 0 Å². The second-order valence-electron chi connectivity index (χ2n) is 7.40. The van der Waals surface area contributed by atoms with E-state index in [0.717, 1.165) is 0 Å². The van der Waals surface area contributed by atoms with E-state index in [9.17, 15) is 24.3 Å². The van der Waals surface area contributed by atoms with E-state index in [1.54, 1.807) is 20.8 Å². The minimum absolute atomic E-state index is 0.208. The molecule has 0 aliphatic carbocycles. The van der Waals surface area contributed by atoms with Crippen LogP contribution in [-0.2, 0) is 19.1 Å². The summed E-state index contributed by atoms with van der Waals surface area (Å²) >= 11 is 0. The Morgan fingerprint density at radius 3 is 2.54 bits per heavy atom. The topological polar surface area (TPSA) is 137 Å². The summed E-state index contributed by atoms with van der Waals surface area (Å²) < 4.78 is 5.07. The minimum Gasteiger partial charge on any atom is -0.444 e. The average Bonchev–Trinajstić information content (AvgIpc) is 3.10. The van der Waals surface area contributed by atoms with E-state index in [-0.39, 0.29) is 19.6 Å². The first-order valence-corrected chi connectivity index (χ1v) is 9.16. The van der Waals surface area contributed by atoms with Gasteiger partial charge in [0.1, 0.15) is 24.3 Å². The lowest BCUT2D eigenvalue weighted by Gasteiger charge is -2.25. The van der Waals surface area contributed by atoms with Crippen LogP contribution in [0.15, 0.2) is 12.7 Å². The van der Waals surface area contributed by atoms with Crippen LogP contribution in [0.5, 0.6) is 0 Å². The Morgan fingerprint density at radius 1 is 1.25 bits per heavy atom. The van der Waals surface area contributed by atoms with E-state index < -0.39 is 41.6 Å². The molecule has 0 bridgehead atoms. The standard InChI is InChI=1S/C18H30N4O6/c1-5-8-19-16(26)13(23)10-20-15(25)12-7-6-9-22(12)14(24)11-21-17(27)28-18(2,3)4/h5,12-13,23H,1,6-11H2,2-4H3,(H,19,26)(H,20,25)(H,21,27)/t12-,13?/m0/s1. The molecule has 0 aromatic heterocycles. The lowest BCUT2D eigenvalue weighted by Crippen LogP contribution is -2.51. The Bertz CT molecular complexity index is 601. The van der Waals surface area contributed by atoms with Crippen molar-refractivity contribution in [1.82, 2.24) is 20.9 Å². The molecule has 28 heavy (non-hydrogen) atoms. The van der Waals surface area contributed by atoms with Gasteiger partial charge in [-0.25, -0.2) is 4.79 Å². The van der Waals surface area contributed by atoms with Crippen LogP contribution in [0.3, 0.4) is 0 Å². The number of rotatable bonds is 8. The largest absolute Gasteiger partial charge is 0.444 e. The van der Waals surface area contributed by atoms with E-state index in [1.165, 1.54) is 11.0 Å². The van der Waals surface area contributed by atoms with Crippen molar-refractivity contribution in [3.63, 3.8) is 0 Å². The molecule has 4 N–H and O–H groups in total. The van der Waals surface area contributed by atoms with Gasteiger partial charge in [0.2, 0.25) is 11.8 Å². The Morgan fingerprint density at radius 2 is 1.93 bits per heavy atom. The molecule has 0 radical (unpaired) electrons. The molecule has 158 valence electrons.